The Labute approximate surface area is 171 Å². The summed E-state index contributed by atoms with van der Waals surface area (Å²) in [6.07, 6.45) is 7.30. The zero-order valence-electron chi connectivity index (χ0n) is 16.8. The van der Waals surface area contributed by atoms with Crippen LogP contribution in [0.1, 0.15) is 49.4 Å². The molecule has 7 heteroatoms. The Morgan fingerprint density at radius 1 is 1.10 bits per heavy atom. The van der Waals surface area contributed by atoms with Gasteiger partial charge in [-0.15, -0.1) is 0 Å². The number of piperidine rings is 1. The van der Waals surface area contributed by atoms with Crippen molar-refractivity contribution < 1.29 is 9.59 Å². The van der Waals surface area contributed by atoms with E-state index in [1.807, 2.05) is 35.2 Å². The number of likely N-dealkylation sites (tertiary alicyclic amines) is 2. The van der Waals surface area contributed by atoms with Crippen LogP contribution in [0.15, 0.2) is 42.7 Å². The third-order valence-corrected chi connectivity index (χ3v) is 5.86. The van der Waals surface area contributed by atoms with Gasteiger partial charge in [0.05, 0.1) is 5.56 Å². The normalized spacial score (nSPS) is 21.6. The fourth-order valence-electron chi connectivity index (χ4n) is 4.51. The van der Waals surface area contributed by atoms with Crippen molar-refractivity contribution in [2.75, 3.05) is 25.0 Å². The number of amides is 2. The molecule has 2 saturated heterocycles. The molecular formula is C22H27N5O2. The monoisotopic (exact) mass is 393 g/mol. The number of carbonyl (C=O) groups is 2. The molecule has 1 unspecified atom stereocenters. The van der Waals surface area contributed by atoms with Gasteiger partial charge in [-0.25, -0.2) is 9.97 Å². The molecule has 3 heterocycles. The fraction of sp³-hybridized carbons (Fsp3) is 0.455. The van der Waals surface area contributed by atoms with Crippen LogP contribution in [-0.2, 0) is 4.79 Å². The minimum Gasteiger partial charge on any atom is -0.341 e. The van der Waals surface area contributed by atoms with E-state index in [0.29, 0.717) is 18.1 Å². The van der Waals surface area contributed by atoms with E-state index in [4.69, 9.17) is 0 Å². The quantitative estimate of drug-likeness (QED) is 0.844. The molecule has 1 N–H and O–H groups in total. The molecule has 2 fully saturated rings. The number of nitrogens with one attached hydrogen (secondary N) is 1. The van der Waals surface area contributed by atoms with Crippen molar-refractivity contribution >= 4 is 23.5 Å². The highest BCUT2D eigenvalue weighted by molar-refractivity contribution is 5.99. The van der Waals surface area contributed by atoms with Crippen LogP contribution < -0.4 is 5.32 Å². The topological polar surface area (TPSA) is 78.4 Å². The summed E-state index contributed by atoms with van der Waals surface area (Å²) in [5.74, 6) is 0.395. The van der Waals surface area contributed by atoms with Gasteiger partial charge in [-0.05, 0) is 44.2 Å². The van der Waals surface area contributed by atoms with Gasteiger partial charge < -0.3 is 15.1 Å². The van der Waals surface area contributed by atoms with Crippen LogP contribution in [0.2, 0.25) is 0 Å². The number of carbonyl (C=O) groups excluding carboxylic acids is 2. The van der Waals surface area contributed by atoms with Gasteiger partial charge >= 0.3 is 0 Å². The zero-order chi connectivity index (χ0) is 20.3. The van der Waals surface area contributed by atoms with Gasteiger partial charge in [0, 0.05) is 37.7 Å². The molecule has 0 aliphatic carbocycles. The lowest BCUT2D eigenvalue weighted by Gasteiger charge is -2.44. The van der Waals surface area contributed by atoms with Crippen LogP contribution in [0, 0.1) is 0 Å². The number of hydrogen-bond acceptors (Lipinski definition) is 5. The summed E-state index contributed by atoms with van der Waals surface area (Å²) in [5, 5.41) is 3.12. The summed E-state index contributed by atoms with van der Waals surface area (Å²) < 4.78 is 0. The first-order valence-corrected chi connectivity index (χ1v) is 10.4. The number of anilines is 2. The molecule has 2 aromatic rings. The lowest BCUT2D eigenvalue weighted by atomic mass is 9.85. The van der Waals surface area contributed by atoms with E-state index in [1.54, 1.807) is 17.3 Å². The first-order valence-electron chi connectivity index (χ1n) is 10.4. The maximum atomic E-state index is 13.3. The largest absolute Gasteiger partial charge is 0.341 e. The van der Waals surface area contributed by atoms with Crippen molar-refractivity contribution in [1.29, 1.82) is 0 Å². The molecule has 0 saturated carbocycles. The highest BCUT2D eigenvalue weighted by atomic mass is 16.2. The molecule has 0 radical (unpaired) electrons. The summed E-state index contributed by atoms with van der Waals surface area (Å²) in [6.45, 7) is 4.23. The van der Waals surface area contributed by atoms with Gasteiger partial charge in [0.2, 0.25) is 11.9 Å². The zero-order valence-corrected chi connectivity index (χ0v) is 16.8. The lowest BCUT2D eigenvalue weighted by molar-refractivity contribution is -0.145. The van der Waals surface area contributed by atoms with Gasteiger partial charge in [0.1, 0.15) is 5.54 Å². The molecule has 152 valence electrons. The predicted octanol–water partition coefficient (Wildman–Crippen LogP) is 3.23. The first kappa shape index (κ1) is 19.4. The van der Waals surface area contributed by atoms with E-state index >= 15 is 0 Å². The third kappa shape index (κ3) is 3.69. The molecule has 2 aliphatic rings. The Bertz CT molecular complexity index is 869. The molecular weight excluding hydrogens is 366 g/mol. The third-order valence-electron chi connectivity index (χ3n) is 5.86. The maximum absolute atomic E-state index is 13.3. The molecule has 0 bridgehead atoms. The van der Waals surface area contributed by atoms with Gasteiger partial charge in [-0.3, -0.25) is 9.59 Å². The molecule has 2 aliphatic heterocycles. The van der Waals surface area contributed by atoms with Crippen LogP contribution >= 0.6 is 0 Å². The van der Waals surface area contributed by atoms with Crippen molar-refractivity contribution in [3.05, 3.63) is 48.3 Å². The average molecular weight is 393 g/mol. The standard InChI is InChI=1S/C22H27N5O2/c1-2-12-26-13-6-10-22(20(26)29)11-7-14-27(22)19(28)17-15-23-21(24-16-17)25-18-8-4-3-5-9-18/h3-5,8-9,15-16H,2,6-7,10-14H2,1H3,(H,23,24,25). The summed E-state index contributed by atoms with van der Waals surface area (Å²) >= 11 is 0. The van der Waals surface area contributed by atoms with Crippen molar-refractivity contribution in [3.63, 3.8) is 0 Å². The second-order valence-electron chi connectivity index (χ2n) is 7.77. The Morgan fingerprint density at radius 3 is 2.48 bits per heavy atom. The highest BCUT2D eigenvalue weighted by Gasteiger charge is 2.52. The molecule has 29 heavy (non-hydrogen) atoms. The Kier molecular flexibility index (Phi) is 5.47. The second kappa shape index (κ2) is 8.19. The fourth-order valence-corrected chi connectivity index (χ4v) is 4.51. The summed E-state index contributed by atoms with van der Waals surface area (Å²) in [4.78, 5) is 38.8. The van der Waals surface area contributed by atoms with Crippen LogP contribution in [0.25, 0.3) is 0 Å². The van der Waals surface area contributed by atoms with Crippen LogP contribution in [-0.4, -0.2) is 56.8 Å². The molecule has 7 nitrogen and oxygen atoms in total. The van der Waals surface area contributed by atoms with E-state index < -0.39 is 5.54 Å². The molecule has 4 rings (SSSR count). The predicted molar refractivity (Wildman–Crippen MR) is 111 cm³/mol. The number of nitrogens with zero attached hydrogens (tertiary/aromatic N) is 4. The smallest absolute Gasteiger partial charge is 0.257 e. The van der Waals surface area contributed by atoms with Crippen LogP contribution in [0.4, 0.5) is 11.6 Å². The van der Waals surface area contributed by atoms with E-state index in [1.165, 1.54) is 0 Å². The van der Waals surface area contributed by atoms with Crippen molar-refractivity contribution in [1.82, 2.24) is 19.8 Å². The molecule has 1 aromatic carbocycles. The maximum Gasteiger partial charge on any atom is 0.257 e. The van der Waals surface area contributed by atoms with Gasteiger partial charge in [0.15, 0.2) is 0 Å². The number of rotatable bonds is 5. The van der Waals surface area contributed by atoms with E-state index in [0.717, 1.165) is 50.9 Å². The number of hydrogen-bond donors (Lipinski definition) is 1. The molecule has 1 spiro atoms. The molecule has 1 atom stereocenters. The lowest BCUT2D eigenvalue weighted by Crippen LogP contribution is -2.61. The van der Waals surface area contributed by atoms with Gasteiger partial charge in [-0.1, -0.05) is 25.1 Å². The minimum atomic E-state index is -0.689. The Morgan fingerprint density at radius 2 is 1.79 bits per heavy atom. The Balaban J connectivity index is 1.52. The van der Waals surface area contributed by atoms with E-state index in [-0.39, 0.29) is 11.8 Å². The summed E-state index contributed by atoms with van der Waals surface area (Å²) in [5.41, 5.74) is 0.616. The molecule has 2 amide bonds. The minimum absolute atomic E-state index is 0.111. The van der Waals surface area contributed by atoms with E-state index in [9.17, 15) is 9.59 Å². The Hall–Kier alpha value is -2.96. The summed E-state index contributed by atoms with van der Waals surface area (Å²) in [6, 6.07) is 9.64. The van der Waals surface area contributed by atoms with Crippen molar-refractivity contribution in [2.45, 2.75) is 44.6 Å². The van der Waals surface area contributed by atoms with Crippen molar-refractivity contribution in [2.24, 2.45) is 0 Å². The SMILES string of the molecule is CCCN1CCCC2(CCCN2C(=O)c2cnc(Nc3ccccc3)nc2)C1=O. The number of benzene rings is 1. The molecule has 1 aromatic heterocycles. The first-order chi connectivity index (χ1) is 14.1. The van der Waals surface area contributed by atoms with Crippen LogP contribution in [0.3, 0.4) is 0 Å². The van der Waals surface area contributed by atoms with Gasteiger partial charge in [-0.2, -0.15) is 0 Å². The number of para-hydroxylation sites is 1. The second-order valence-corrected chi connectivity index (χ2v) is 7.77. The van der Waals surface area contributed by atoms with Gasteiger partial charge in [0.25, 0.3) is 5.91 Å². The van der Waals surface area contributed by atoms with Crippen molar-refractivity contribution in [3.8, 4) is 0 Å². The van der Waals surface area contributed by atoms with E-state index in [2.05, 4.69) is 22.2 Å². The summed E-state index contributed by atoms with van der Waals surface area (Å²) in [7, 11) is 0. The average Bonchev–Trinajstić information content (AvgIpc) is 3.17. The highest BCUT2D eigenvalue weighted by Crippen LogP contribution is 2.39. The number of aromatic nitrogens is 2. The van der Waals surface area contributed by atoms with Crippen LogP contribution in [0.5, 0.6) is 0 Å².